The lowest BCUT2D eigenvalue weighted by Crippen LogP contribution is -2.13. The van der Waals surface area contributed by atoms with Crippen LogP contribution < -0.4 is 5.73 Å². The van der Waals surface area contributed by atoms with Crippen molar-refractivity contribution in [2.45, 2.75) is 45.1 Å². The molecular weight excluding hydrogens is 389 g/mol. The molecular formula is C25H26FN5. The van der Waals surface area contributed by atoms with Crippen molar-refractivity contribution in [1.29, 1.82) is 0 Å². The maximum Gasteiger partial charge on any atom is 0.165 e. The van der Waals surface area contributed by atoms with E-state index < -0.39 is 5.82 Å². The fourth-order valence-electron chi connectivity index (χ4n) is 6.18. The number of nitrogen functional groups attached to an aromatic ring is 1. The quantitative estimate of drug-likeness (QED) is 0.497. The lowest BCUT2D eigenvalue weighted by atomic mass is 9.87. The standard InChI is InChI=1S/C25H26FN5/c1-14-20-6-7-31(25(20)29-13-28-14)19-10-17-5-4-16(21(17)12-19)8-15-2-3-18-11-22(26)24(27)30-23(18)9-15/h2-3,6-7,9,11,13,16-17,19,21H,4-5,8,10,12H2,1H3,(H2,27,30). The summed E-state index contributed by atoms with van der Waals surface area (Å²) >= 11 is 0. The van der Waals surface area contributed by atoms with Gasteiger partial charge in [0.1, 0.15) is 12.0 Å². The SMILES string of the molecule is Cc1ncnc2c1ccn2C1CC2CCC(Cc3ccc4cc(F)c(N)nc4c3)C2C1. The molecule has 3 heterocycles. The highest BCUT2D eigenvalue weighted by Crippen LogP contribution is 2.53. The number of rotatable bonds is 3. The van der Waals surface area contributed by atoms with E-state index in [0.29, 0.717) is 12.0 Å². The van der Waals surface area contributed by atoms with Crippen LogP contribution in [-0.4, -0.2) is 19.5 Å². The van der Waals surface area contributed by atoms with Gasteiger partial charge in [-0.1, -0.05) is 12.1 Å². The highest BCUT2D eigenvalue weighted by atomic mass is 19.1. The highest BCUT2D eigenvalue weighted by molar-refractivity contribution is 5.81. The molecule has 4 aromatic rings. The zero-order valence-electron chi connectivity index (χ0n) is 17.6. The lowest BCUT2D eigenvalue weighted by Gasteiger charge is -2.20. The molecule has 6 rings (SSSR count). The number of pyridine rings is 1. The summed E-state index contributed by atoms with van der Waals surface area (Å²) in [5.74, 6) is 1.74. The second kappa shape index (κ2) is 7.01. The molecule has 5 nitrogen and oxygen atoms in total. The first-order valence-electron chi connectivity index (χ1n) is 11.2. The molecule has 158 valence electrons. The number of anilines is 1. The summed E-state index contributed by atoms with van der Waals surface area (Å²) in [4.78, 5) is 13.2. The molecule has 4 unspecified atom stereocenters. The molecule has 0 bridgehead atoms. The molecule has 0 aliphatic heterocycles. The van der Waals surface area contributed by atoms with Crippen LogP contribution in [0.25, 0.3) is 21.9 Å². The molecule has 31 heavy (non-hydrogen) atoms. The monoisotopic (exact) mass is 415 g/mol. The van der Waals surface area contributed by atoms with Gasteiger partial charge in [-0.2, -0.15) is 0 Å². The smallest absolute Gasteiger partial charge is 0.165 e. The highest BCUT2D eigenvalue weighted by Gasteiger charge is 2.43. The summed E-state index contributed by atoms with van der Waals surface area (Å²) in [5, 5.41) is 1.97. The molecule has 2 fully saturated rings. The number of benzene rings is 1. The van der Waals surface area contributed by atoms with E-state index in [1.807, 2.05) is 13.0 Å². The minimum atomic E-state index is -0.450. The van der Waals surface area contributed by atoms with Crippen LogP contribution in [0.15, 0.2) is 42.9 Å². The Morgan fingerprint density at radius 1 is 1.13 bits per heavy atom. The Morgan fingerprint density at radius 3 is 2.94 bits per heavy atom. The van der Waals surface area contributed by atoms with E-state index in [1.165, 1.54) is 37.3 Å². The van der Waals surface area contributed by atoms with Crippen LogP contribution in [0.1, 0.15) is 43.0 Å². The molecule has 4 atom stereocenters. The van der Waals surface area contributed by atoms with Crippen LogP contribution >= 0.6 is 0 Å². The Hall–Kier alpha value is -3.02. The maximum atomic E-state index is 13.7. The van der Waals surface area contributed by atoms with Crippen LogP contribution in [0, 0.1) is 30.5 Å². The van der Waals surface area contributed by atoms with Gasteiger partial charge in [-0.25, -0.2) is 19.3 Å². The van der Waals surface area contributed by atoms with E-state index in [2.05, 4.69) is 43.9 Å². The van der Waals surface area contributed by atoms with Crippen LogP contribution in [0.4, 0.5) is 10.2 Å². The van der Waals surface area contributed by atoms with E-state index in [1.54, 1.807) is 6.33 Å². The van der Waals surface area contributed by atoms with Gasteiger partial charge in [0.2, 0.25) is 0 Å². The topological polar surface area (TPSA) is 69.6 Å². The molecule has 2 aliphatic carbocycles. The zero-order chi connectivity index (χ0) is 21.1. The van der Waals surface area contributed by atoms with Crippen molar-refractivity contribution in [3.05, 3.63) is 59.9 Å². The third kappa shape index (κ3) is 3.08. The van der Waals surface area contributed by atoms with Crippen LogP contribution in [0.5, 0.6) is 0 Å². The molecule has 1 aromatic carbocycles. The zero-order valence-corrected chi connectivity index (χ0v) is 17.6. The number of nitrogens with two attached hydrogens (primary N) is 1. The summed E-state index contributed by atoms with van der Waals surface area (Å²) < 4.78 is 16.1. The summed E-state index contributed by atoms with van der Waals surface area (Å²) in [6.45, 7) is 2.05. The summed E-state index contributed by atoms with van der Waals surface area (Å²) in [7, 11) is 0. The first-order valence-corrected chi connectivity index (χ1v) is 11.2. The average molecular weight is 416 g/mol. The van der Waals surface area contributed by atoms with Gasteiger partial charge in [0.05, 0.1) is 11.2 Å². The van der Waals surface area contributed by atoms with Crippen LogP contribution in [0.2, 0.25) is 0 Å². The fraction of sp³-hybridized carbons (Fsp3) is 0.400. The largest absolute Gasteiger partial charge is 0.381 e. The number of fused-ring (bicyclic) bond motifs is 3. The first kappa shape index (κ1) is 18.7. The van der Waals surface area contributed by atoms with Crippen LogP contribution in [0.3, 0.4) is 0 Å². The molecule has 0 radical (unpaired) electrons. The van der Waals surface area contributed by atoms with Gasteiger partial charge in [-0.05, 0) is 80.5 Å². The molecule has 0 saturated heterocycles. The molecule has 3 aromatic heterocycles. The second-order valence-electron chi connectivity index (χ2n) is 9.39. The van der Waals surface area contributed by atoms with Crippen molar-refractivity contribution >= 4 is 27.8 Å². The Labute approximate surface area is 180 Å². The maximum absolute atomic E-state index is 13.7. The predicted octanol–water partition coefficient (Wildman–Crippen LogP) is 5.23. The van der Waals surface area contributed by atoms with Crippen molar-refractivity contribution in [2.24, 2.45) is 17.8 Å². The van der Waals surface area contributed by atoms with E-state index >= 15 is 0 Å². The third-order valence-electron chi connectivity index (χ3n) is 7.70. The number of hydrogen-bond donors (Lipinski definition) is 1. The normalized spacial score (nSPS) is 25.5. The average Bonchev–Trinajstić information content (AvgIpc) is 3.45. The Kier molecular flexibility index (Phi) is 4.23. The second-order valence-corrected chi connectivity index (χ2v) is 9.39. The first-order chi connectivity index (χ1) is 15.1. The number of aromatic nitrogens is 4. The van der Waals surface area contributed by atoms with Gasteiger partial charge in [0.15, 0.2) is 11.6 Å². The number of halogens is 1. The Balaban J connectivity index is 1.23. The van der Waals surface area contributed by atoms with Gasteiger partial charge >= 0.3 is 0 Å². The van der Waals surface area contributed by atoms with Gasteiger partial charge in [0.25, 0.3) is 0 Å². The number of aryl methyl sites for hydroxylation is 1. The van der Waals surface area contributed by atoms with Gasteiger partial charge in [0, 0.05) is 23.0 Å². The molecule has 0 amide bonds. The predicted molar refractivity (Wildman–Crippen MR) is 120 cm³/mol. The van der Waals surface area contributed by atoms with E-state index in [-0.39, 0.29) is 5.82 Å². The van der Waals surface area contributed by atoms with Gasteiger partial charge in [-0.15, -0.1) is 0 Å². The van der Waals surface area contributed by atoms with Crippen molar-refractivity contribution in [3.63, 3.8) is 0 Å². The van der Waals surface area contributed by atoms with Gasteiger partial charge in [-0.3, -0.25) is 0 Å². The van der Waals surface area contributed by atoms with E-state index in [4.69, 9.17) is 5.73 Å². The van der Waals surface area contributed by atoms with Crippen molar-refractivity contribution in [3.8, 4) is 0 Å². The molecule has 2 aliphatic rings. The van der Waals surface area contributed by atoms with Gasteiger partial charge < -0.3 is 10.3 Å². The van der Waals surface area contributed by atoms with Crippen molar-refractivity contribution in [1.82, 2.24) is 19.5 Å². The summed E-state index contributed by atoms with van der Waals surface area (Å²) in [6.07, 6.45) is 9.98. The minimum absolute atomic E-state index is 0.0257. The van der Waals surface area contributed by atoms with Crippen molar-refractivity contribution < 1.29 is 4.39 Å². The molecule has 0 spiro atoms. The Morgan fingerprint density at radius 2 is 2.03 bits per heavy atom. The molecule has 2 N–H and O–H groups in total. The fourth-order valence-corrected chi connectivity index (χ4v) is 6.18. The van der Waals surface area contributed by atoms with Crippen LogP contribution in [-0.2, 0) is 6.42 Å². The molecule has 2 saturated carbocycles. The molecule has 6 heteroatoms. The van der Waals surface area contributed by atoms with E-state index in [0.717, 1.165) is 45.9 Å². The Bertz CT molecular complexity index is 1300. The van der Waals surface area contributed by atoms with E-state index in [9.17, 15) is 4.39 Å². The van der Waals surface area contributed by atoms with Crippen molar-refractivity contribution in [2.75, 3.05) is 5.73 Å². The number of hydrogen-bond acceptors (Lipinski definition) is 4. The summed E-state index contributed by atoms with van der Waals surface area (Å²) in [5.41, 5.74) is 9.85. The summed E-state index contributed by atoms with van der Waals surface area (Å²) in [6, 6.07) is 10.3. The number of nitrogens with zero attached hydrogens (tertiary/aromatic N) is 4. The third-order valence-corrected chi connectivity index (χ3v) is 7.70. The lowest BCUT2D eigenvalue weighted by molar-refractivity contribution is 0.343. The minimum Gasteiger partial charge on any atom is -0.381 e.